The van der Waals surface area contributed by atoms with Crippen LogP contribution in [0.4, 0.5) is 10.7 Å². The van der Waals surface area contributed by atoms with Crippen molar-refractivity contribution in [2.24, 2.45) is 7.05 Å². The Hall–Kier alpha value is -2.41. The molecule has 0 bridgehead atoms. The predicted molar refractivity (Wildman–Crippen MR) is 86.1 cm³/mol. The molecule has 2 amide bonds. The molecule has 1 aromatic carbocycles. The lowest BCUT2D eigenvalue weighted by Crippen LogP contribution is -2.44. The molecule has 1 aliphatic rings. The molecule has 7 heteroatoms. The highest BCUT2D eigenvalue weighted by Crippen LogP contribution is 2.23. The van der Waals surface area contributed by atoms with Crippen LogP contribution in [-0.4, -0.2) is 45.4 Å². The van der Waals surface area contributed by atoms with Gasteiger partial charge in [-0.15, -0.1) is 5.10 Å². The second-order valence-electron chi connectivity index (χ2n) is 5.57. The van der Waals surface area contributed by atoms with E-state index < -0.39 is 0 Å². The first kappa shape index (κ1) is 15.5. The highest BCUT2D eigenvalue weighted by Gasteiger charge is 2.26. The third-order valence-corrected chi connectivity index (χ3v) is 3.93. The van der Waals surface area contributed by atoms with Gasteiger partial charge in [-0.05, 0) is 17.5 Å². The van der Waals surface area contributed by atoms with E-state index in [9.17, 15) is 4.79 Å². The number of carbonyl (C=O) groups is 1. The summed E-state index contributed by atoms with van der Waals surface area (Å²) in [6.07, 6.45) is 2.46. The smallest absolute Gasteiger partial charge is 0.324 e. The molecule has 122 valence electrons. The molecule has 0 spiro atoms. The lowest BCUT2D eigenvalue weighted by Gasteiger charge is -2.33. The van der Waals surface area contributed by atoms with Gasteiger partial charge in [0.1, 0.15) is 12.4 Å². The third-order valence-electron chi connectivity index (χ3n) is 3.93. The standard InChI is InChI=1S/C16H21N5O2/c1-3-12-4-6-13(7-5-12)14-10-21(8-9-23-14)16(22)18-15-17-11-20(2)19-15/h4-7,11,14H,3,8-10H2,1-2H3,(H,18,19,22)/t14-/m0/s1. The number of aromatic nitrogens is 3. The Morgan fingerprint density at radius 1 is 1.39 bits per heavy atom. The molecule has 1 saturated heterocycles. The van der Waals surface area contributed by atoms with E-state index in [2.05, 4.69) is 46.6 Å². The largest absolute Gasteiger partial charge is 0.370 e. The molecular weight excluding hydrogens is 294 g/mol. The van der Waals surface area contributed by atoms with E-state index in [1.54, 1.807) is 23.0 Å². The maximum absolute atomic E-state index is 12.3. The SMILES string of the molecule is CCc1ccc([C@@H]2CN(C(=O)Nc3ncn(C)n3)CCO2)cc1. The monoisotopic (exact) mass is 315 g/mol. The Kier molecular flexibility index (Phi) is 4.57. The molecule has 0 saturated carbocycles. The number of rotatable bonds is 3. The van der Waals surface area contributed by atoms with Crippen LogP contribution in [0.15, 0.2) is 30.6 Å². The number of benzene rings is 1. The molecule has 2 heterocycles. The molecule has 1 N–H and O–H groups in total. The molecular formula is C16H21N5O2. The first-order chi connectivity index (χ1) is 11.2. The van der Waals surface area contributed by atoms with Gasteiger partial charge in [-0.1, -0.05) is 31.2 Å². The van der Waals surface area contributed by atoms with Gasteiger partial charge in [0.15, 0.2) is 0 Å². The van der Waals surface area contributed by atoms with Crippen LogP contribution in [0.25, 0.3) is 0 Å². The number of aryl methyl sites for hydroxylation is 2. The van der Waals surface area contributed by atoms with Crippen molar-refractivity contribution in [2.75, 3.05) is 25.0 Å². The van der Waals surface area contributed by atoms with Crippen molar-refractivity contribution in [3.63, 3.8) is 0 Å². The third kappa shape index (κ3) is 3.68. The van der Waals surface area contributed by atoms with Gasteiger partial charge < -0.3 is 9.64 Å². The fraction of sp³-hybridized carbons (Fsp3) is 0.438. The summed E-state index contributed by atoms with van der Waals surface area (Å²) in [6, 6.07) is 8.16. The molecule has 0 unspecified atom stereocenters. The summed E-state index contributed by atoms with van der Waals surface area (Å²) in [7, 11) is 1.76. The van der Waals surface area contributed by atoms with E-state index in [-0.39, 0.29) is 12.1 Å². The van der Waals surface area contributed by atoms with Crippen LogP contribution < -0.4 is 5.32 Å². The molecule has 0 aliphatic carbocycles. The normalized spacial score (nSPS) is 18.0. The number of nitrogens with one attached hydrogen (secondary N) is 1. The number of anilines is 1. The quantitative estimate of drug-likeness (QED) is 0.940. The average molecular weight is 315 g/mol. The van der Waals surface area contributed by atoms with Gasteiger partial charge in [0, 0.05) is 13.6 Å². The predicted octanol–water partition coefficient (Wildman–Crippen LogP) is 1.98. The Balaban J connectivity index is 1.63. The van der Waals surface area contributed by atoms with Gasteiger partial charge in [0.05, 0.1) is 13.2 Å². The fourth-order valence-electron chi connectivity index (χ4n) is 2.57. The molecule has 2 aromatic rings. The Bertz CT molecular complexity index is 667. The van der Waals surface area contributed by atoms with Gasteiger partial charge in [0.2, 0.25) is 5.95 Å². The van der Waals surface area contributed by atoms with E-state index in [1.165, 1.54) is 5.56 Å². The lowest BCUT2D eigenvalue weighted by atomic mass is 10.0. The van der Waals surface area contributed by atoms with Gasteiger partial charge in [-0.3, -0.25) is 10.00 Å². The molecule has 1 aromatic heterocycles. The lowest BCUT2D eigenvalue weighted by molar-refractivity contribution is -0.0135. The summed E-state index contributed by atoms with van der Waals surface area (Å²) in [5.41, 5.74) is 2.39. The summed E-state index contributed by atoms with van der Waals surface area (Å²) in [5.74, 6) is 0.313. The van der Waals surface area contributed by atoms with Gasteiger partial charge in [-0.25, -0.2) is 9.78 Å². The Labute approximate surface area is 135 Å². The Morgan fingerprint density at radius 2 is 2.17 bits per heavy atom. The van der Waals surface area contributed by atoms with E-state index in [0.29, 0.717) is 25.6 Å². The summed E-state index contributed by atoms with van der Waals surface area (Å²) in [4.78, 5) is 18.1. The van der Waals surface area contributed by atoms with Crippen molar-refractivity contribution in [1.82, 2.24) is 19.7 Å². The van der Waals surface area contributed by atoms with Gasteiger partial charge in [-0.2, -0.15) is 0 Å². The summed E-state index contributed by atoms with van der Waals surface area (Å²) in [5, 5.41) is 6.77. The zero-order valence-corrected chi connectivity index (χ0v) is 13.4. The van der Waals surface area contributed by atoms with E-state index >= 15 is 0 Å². The number of morpholine rings is 1. The number of hydrogen-bond acceptors (Lipinski definition) is 4. The summed E-state index contributed by atoms with van der Waals surface area (Å²) < 4.78 is 7.36. The van der Waals surface area contributed by atoms with Crippen molar-refractivity contribution < 1.29 is 9.53 Å². The molecule has 3 rings (SSSR count). The Morgan fingerprint density at radius 3 is 2.83 bits per heavy atom. The van der Waals surface area contributed by atoms with Gasteiger partial charge in [0.25, 0.3) is 0 Å². The zero-order chi connectivity index (χ0) is 16.2. The van der Waals surface area contributed by atoms with Crippen molar-refractivity contribution in [3.8, 4) is 0 Å². The zero-order valence-electron chi connectivity index (χ0n) is 13.4. The topological polar surface area (TPSA) is 72.3 Å². The van der Waals surface area contributed by atoms with Crippen molar-refractivity contribution in [2.45, 2.75) is 19.4 Å². The molecule has 1 fully saturated rings. The first-order valence-electron chi connectivity index (χ1n) is 7.77. The number of carbonyl (C=O) groups excluding carboxylic acids is 1. The van der Waals surface area contributed by atoms with Crippen LogP contribution in [0, 0.1) is 0 Å². The van der Waals surface area contributed by atoms with Crippen LogP contribution in [0.5, 0.6) is 0 Å². The van der Waals surface area contributed by atoms with E-state index in [4.69, 9.17) is 4.74 Å². The molecule has 0 radical (unpaired) electrons. The van der Waals surface area contributed by atoms with Crippen molar-refractivity contribution >= 4 is 12.0 Å². The highest BCUT2D eigenvalue weighted by molar-refractivity contribution is 5.87. The minimum Gasteiger partial charge on any atom is -0.370 e. The van der Waals surface area contributed by atoms with Crippen molar-refractivity contribution in [1.29, 1.82) is 0 Å². The van der Waals surface area contributed by atoms with Crippen LogP contribution >= 0.6 is 0 Å². The summed E-state index contributed by atoms with van der Waals surface area (Å²) >= 11 is 0. The maximum atomic E-state index is 12.3. The molecule has 1 atom stereocenters. The van der Waals surface area contributed by atoms with Gasteiger partial charge >= 0.3 is 6.03 Å². The average Bonchev–Trinajstić information content (AvgIpc) is 3.00. The minimum absolute atomic E-state index is 0.0999. The fourth-order valence-corrected chi connectivity index (χ4v) is 2.57. The second kappa shape index (κ2) is 6.78. The molecule has 7 nitrogen and oxygen atoms in total. The highest BCUT2D eigenvalue weighted by atomic mass is 16.5. The molecule has 1 aliphatic heterocycles. The van der Waals surface area contributed by atoms with Crippen LogP contribution in [-0.2, 0) is 18.2 Å². The van der Waals surface area contributed by atoms with E-state index in [0.717, 1.165) is 12.0 Å². The van der Waals surface area contributed by atoms with Crippen LogP contribution in [0.2, 0.25) is 0 Å². The minimum atomic E-state index is -0.199. The van der Waals surface area contributed by atoms with E-state index in [1.807, 2.05) is 0 Å². The number of amides is 2. The van der Waals surface area contributed by atoms with Crippen molar-refractivity contribution in [3.05, 3.63) is 41.7 Å². The number of hydrogen-bond donors (Lipinski definition) is 1. The number of urea groups is 1. The molecule has 23 heavy (non-hydrogen) atoms. The number of nitrogens with zero attached hydrogens (tertiary/aromatic N) is 4. The van der Waals surface area contributed by atoms with Crippen LogP contribution in [0.1, 0.15) is 24.2 Å². The summed E-state index contributed by atoms with van der Waals surface area (Å²) in [6.45, 7) is 3.72. The second-order valence-corrected chi connectivity index (χ2v) is 5.57. The first-order valence-corrected chi connectivity index (χ1v) is 7.77. The number of ether oxygens (including phenoxy) is 1. The maximum Gasteiger partial charge on any atom is 0.324 e. The van der Waals surface area contributed by atoms with Crippen LogP contribution in [0.3, 0.4) is 0 Å².